The molecule has 1 aromatic rings. The zero-order chi connectivity index (χ0) is 22.0. The average Bonchev–Trinajstić information content (AvgIpc) is 3.15. The molecule has 3 amide bonds. The Kier molecular flexibility index (Phi) is 6.57. The van der Waals surface area contributed by atoms with Crippen LogP contribution in [0.5, 0.6) is 0 Å². The van der Waals surface area contributed by atoms with Crippen LogP contribution in [0, 0.1) is 0 Å². The number of rotatable bonds is 5. The van der Waals surface area contributed by atoms with Gasteiger partial charge in [-0.15, -0.1) is 0 Å². The second-order valence-electron chi connectivity index (χ2n) is 8.68. The number of nitrogens with zero attached hydrogens (tertiary/aromatic N) is 1. The van der Waals surface area contributed by atoms with E-state index < -0.39 is 24.4 Å². The van der Waals surface area contributed by atoms with Crippen LogP contribution in [0.4, 0.5) is 0 Å². The van der Waals surface area contributed by atoms with E-state index in [1.165, 1.54) is 11.1 Å². The van der Waals surface area contributed by atoms with Crippen LogP contribution in [0.1, 0.15) is 56.2 Å². The van der Waals surface area contributed by atoms with Gasteiger partial charge in [-0.2, -0.15) is 0 Å². The molecule has 8 nitrogen and oxygen atoms in total. The zero-order valence-electron chi connectivity index (χ0n) is 18.2. The van der Waals surface area contributed by atoms with Crippen molar-refractivity contribution in [2.45, 2.75) is 75.8 Å². The van der Waals surface area contributed by atoms with Crippen LogP contribution in [-0.2, 0) is 25.5 Å². The van der Waals surface area contributed by atoms with Crippen molar-refractivity contribution >= 4 is 17.7 Å². The molecule has 1 aliphatic carbocycles. The molecule has 1 aromatic carbocycles. The Morgan fingerprint density at radius 2 is 1.90 bits per heavy atom. The summed E-state index contributed by atoms with van der Waals surface area (Å²) in [6.45, 7) is 2.11. The Bertz CT molecular complexity index is 845. The highest BCUT2D eigenvalue weighted by molar-refractivity contribution is 5.93. The zero-order valence-corrected chi connectivity index (χ0v) is 18.2. The summed E-state index contributed by atoms with van der Waals surface area (Å²) >= 11 is 0. The number of hydrogen-bond donors (Lipinski definition) is 3. The standard InChI is InChI=1S/C23H32N4O4/c1-14(24-2)21(28)26-18-12-13-31-20-11-10-19(27(20)23(18)30)22(29)25-17-9-5-7-15-6-3-4-8-16(15)17/h3-4,6,8,14,17-20,24H,5,7,9-13H2,1-2H3,(H,25,29)(H,26,28)/t14-,17-,18-,19?,20-/m0/s1. The molecule has 0 aromatic heterocycles. The van der Waals surface area contributed by atoms with Crippen LogP contribution in [-0.4, -0.2) is 60.6 Å². The maximum absolute atomic E-state index is 13.3. The van der Waals surface area contributed by atoms with E-state index in [1.807, 2.05) is 12.1 Å². The fourth-order valence-corrected chi connectivity index (χ4v) is 4.85. The van der Waals surface area contributed by atoms with Gasteiger partial charge in [0.2, 0.25) is 17.7 Å². The normalized spacial score (nSPS) is 28.8. The molecule has 168 valence electrons. The molecule has 2 heterocycles. The molecule has 4 rings (SSSR count). The van der Waals surface area contributed by atoms with E-state index in [9.17, 15) is 14.4 Å². The summed E-state index contributed by atoms with van der Waals surface area (Å²) in [5.74, 6) is -0.615. The summed E-state index contributed by atoms with van der Waals surface area (Å²) in [5.41, 5.74) is 2.44. The average molecular weight is 429 g/mol. The van der Waals surface area contributed by atoms with Gasteiger partial charge in [-0.1, -0.05) is 24.3 Å². The Morgan fingerprint density at radius 1 is 1.10 bits per heavy atom. The maximum Gasteiger partial charge on any atom is 0.247 e. The molecule has 8 heteroatoms. The van der Waals surface area contributed by atoms with Gasteiger partial charge in [0.25, 0.3) is 0 Å². The number of aryl methyl sites for hydroxylation is 1. The minimum atomic E-state index is -0.683. The molecule has 0 bridgehead atoms. The van der Waals surface area contributed by atoms with Gasteiger partial charge in [-0.25, -0.2) is 0 Å². The fraction of sp³-hybridized carbons (Fsp3) is 0.609. The van der Waals surface area contributed by atoms with Crippen LogP contribution in [0.25, 0.3) is 0 Å². The SMILES string of the molecule is CN[C@@H](C)C(=O)N[C@H]1CCO[C@H]2CCC(C(=O)N[C@H]3CCCc4ccccc43)N2C1=O. The second-order valence-corrected chi connectivity index (χ2v) is 8.68. The highest BCUT2D eigenvalue weighted by Gasteiger charge is 2.46. The van der Waals surface area contributed by atoms with Crippen molar-refractivity contribution in [2.75, 3.05) is 13.7 Å². The number of benzene rings is 1. The predicted octanol–water partition coefficient (Wildman–Crippen LogP) is 1.01. The summed E-state index contributed by atoms with van der Waals surface area (Å²) < 4.78 is 5.88. The van der Waals surface area contributed by atoms with E-state index in [1.54, 1.807) is 18.9 Å². The molecule has 0 saturated carbocycles. The fourth-order valence-electron chi connectivity index (χ4n) is 4.85. The van der Waals surface area contributed by atoms with Crippen molar-refractivity contribution in [2.24, 2.45) is 0 Å². The van der Waals surface area contributed by atoms with E-state index in [-0.39, 0.29) is 23.8 Å². The molecular weight excluding hydrogens is 396 g/mol. The third kappa shape index (κ3) is 4.45. The first-order chi connectivity index (χ1) is 15.0. The molecule has 31 heavy (non-hydrogen) atoms. The van der Waals surface area contributed by atoms with Gasteiger partial charge < -0.3 is 25.6 Å². The van der Waals surface area contributed by atoms with Crippen LogP contribution >= 0.6 is 0 Å². The highest BCUT2D eigenvalue weighted by atomic mass is 16.5. The van der Waals surface area contributed by atoms with Crippen molar-refractivity contribution in [3.63, 3.8) is 0 Å². The summed E-state index contributed by atoms with van der Waals surface area (Å²) in [6, 6.07) is 6.52. The maximum atomic E-state index is 13.3. The summed E-state index contributed by atoms with van der Waals surface area (Å²) in [6.07, 6.45) is 4.12. The van der Waals surface area contributed by atoms with Gasteiger partial charge in [0.1, 0.15) is 18.3 Å². The minimum absolute atomic E-state index is 0.0357. The summed E-state index contributed by atoms with van der Waals surface area (Å²) in [5, 5.41) is 8.89. The second kappa shape index (κ2) is 9.36. The van der Waals surface area contributed by atoms with Crippen LogP contribution in [0.15, 0.2) is 24.3 Å². The van der Waals surface area contributed by atoms with E-state index >= 15 is 0 Å². The van der Waals surface area contributed by atoms with Gasteiger partial charge in [0.15, 0.2) is 0 Å². The van der Waals surface area contributed by atoms with Crippen LogP contribution < -0.4 is 16.0 Å². The Hall–Kier alpha value is -2.45. The lowest BCUT2D eigenvalue weighted by molar-refractivity contribution is -0.149. The molecule has 3 N–H and O–H groups in total. The third-order valence-corrected chi connectivity index (χ3v) is 6.73. The number of likely N-dealkylation sites (N-methyl/N-ethyl adjacent to an activating group) is 1. The largest absolute Gasteiger partial charge is 0.358 e. The van der Waals surface area contributed by atoms with Gasteiger partial charge in [0, 0.05) is 6.42 Å². The highest BCUT2D eigenvalue weighted by Crippen LogP contribution is 2.32. The lowest BCUT2D eigenvalue weighted by Crippen LogP contribution is -2.56. The van der Waals surface area contributed by atoms with Crippen molar-refractivity contribution in [3.05, 3.63) is 35.4 Å². The van der Waals surface area contributed by atoms with Gasteiger partial charge >= 0.3 is 0 Å². The number of fused-ring (bicyclic) bond motifs is 2. The van der Waals surface area contributed by atoms with Crippen molar-refractivity contribution < 1.29 is 19.1 Å². The predicted molar refractivity (Wildman–Crippen MR) is 115 cm³/mol. The number of ether oxygens (including phenoxy) is 1. The van der Waals surface area contributed by atoms with E-state index in [0.717, 1.165) is 19.3 Å². The number of nitrogens with one attached hydrogen (secondary N) is 3. The Morgan fingerprint density at radius 3 is 2.71 bits per heavy atom. The molecule has 0 spiro atoms. The van der Waals surface area contributed by atoms with Gasteiger partial charge in [0.05, 0.1) is 18.7 Å². The van der Waals surface area contributed by atoms with E-state index in [4.69, 9.17) is 4.74 Å². The molecule has 0 radical (unpaired) electrons. The summed E-state index contributed by atoms with van der Waals surface area (Å²) in [7, 11) is 1.70. The van der Waals surface area contributed by atoms with Gasteiger partial charge in [-0.3, -0.25) is 14.4 Å². The molecule has 2 fully saturated rings. The number of amides is 3. The first-order valence-corrected chi connectivity index (χ1v) is 11.3. The quantitative estimate of drug-likeness (QED) is 0.650. The Labute approximate surface area is 183 Å². The molecule has 2 aliphatic heterocycles. The lowest BCUT2D eigenvalue weighted by Gasteiger charge is -2.32. The minimum Gasteiger partial charge on any atom is -0.358 e. The number of hydrogen-bond acceptors (Lipinski definition) is 5. The van der Waals surface area contributed by atoms with E-state index in [0.29, 0.717) is 25.9 Å². The lowest BCUT2D eigenvalue weighted by atomic mass is 9.87. The molecular formula is C23H32N4O4. The molecule has 1 unspecified atom stereocenters. The van der Waals surface area contributed by atoms with Crippen molar-refractivity contribution in [1.82, 2.24) is 20.9 Å². The number of carbonyl (C=O) groups is 3. The topological polar surface area (TPSA) is 99.8 Å². The van der Waals surface area contributed by atoms with E-state index in [2.05, 4.69) is 28.1 Å². The number of carbonyl (C=O) groups excluding carboxylic acids is 3. The molecule has 3 aliphatic rings. The van der Waals surface area contributed by atoms with Crippen molar-refractivity contribution in [1.29, 1.82) is 0 Å². The summed E-state index contributed by atoms with van der Waals surface area (Å²) in [4.78, 5) is 40.5. The molecule has 5 atom stereocenters. The van der Waals surface area contributed by atoms with Crippen LogP contribution in [0.2, 0.25) is 0 Å². The monoisotopic (exact) mass is 428 g/mol. The first kappa shape index (κ1) is 21.8. The van der Waals surface area contributed by atoms with Crippen LogP contribution in [0.3, 0.4) is 0 Å². The first-order valence-electron chi connectivity index (χ1n) is 11.3. The molecule has 2 saturated heterocycles. The van der Waals surface area contributed by atoms with Crippen molar-refractivity contribution in [3.8, 4) is 0 Å². The Balaban J connectivity index is 1.47. The van der Waals surface area contributed by atoms with Gasteiger partial charge in [-0.05, 0) is 57.2 Å². The smallest absolute Gasteiger partial charge is 0.247 e. The third-order valence-electron chi connectivity index (χ3n) is 6.73.